The highest BCUT2D eigenvalue weighted by molar-refractivity contribution is 5.35. The van der Waals surface area contributed by atoms with Crippen molar-refractivity contribution in [1.29, 1.82) is 0 Å². The third kappa shape index (κ3) is 3.46. The van der Waals surface area contributed by atoms with Gasteiger partial charge in [0.15, 0.2) is 0 Å². The van der Waals surface area contributed by atoms with E-state index in [1.165, 1.54) is 36.8 Å². The average molecular weight is 243 g/mol. The number of benzene rings is 1. The van der Waals surface area contributed by atoms with Gasteiger partial charge in [-0.15, -0.1) is 0 Å². The molecule has 0 amide bonds. The molecule has 1 heteroatoms. The van der Waals surface area contributed by atoms with Gasteiger partial charge in [-0.2, -0.15) is 0 Å². The molecule has 1 unspecified atom stereocenters. The van der Waals surface area contributed by atoms with E-state index in [0.29, 0.717) is 6.04 Å². The van der Waals surface area contributed by atoms with Crippen molar-refractivity contribution < 1.29 is 0 Å². The van der Waals surface area contributed by atoms with Gasteiger partial charge in [-0.1, -0.05) is 29.8 Å². The maximum absolute atomic E-state index is 3.56. The molecule has 1 aliphatic rings. The maximum Gasteiger partial charge on any atom is 0.0294 e. The van der Waals surface area contributed by atoms with Gasteiger partial charge in [0, 0.05) is 12.6 Å². The first-order valence-corrected chi connectivity index (χ1v) is 7.15. The predicted molar refractivity (Wildman–Crippen MR) is 78.9 cm³/mol. The molecule has 0 radical (unpaired) electrons. The first kappa shape index (κ1) is 13.4. The van der Waals surface area contributed by atoms with E-state index in [-0.39, 0.29) is 0 Å². The fourth-order valence-electron chi connectivity index (χ4n) is 2.58. The van der Waals surface area contributed by atoms with E-state index in [1.54, 1.807) is 11.1 Å². The Labute approximate surface area is 111 Å². The molecule has 1 aromatic rings. The van der Waals surface area contributed by atoms with Crippen molar-refractivity contribution in [2.75, 3.05) is 6.54 Å². The molecular formula is C17H25N. The van der Waals surface area contributed by atoms with Crippen LogP contribution in [0.4, 0.5) is 0 Å². The summed E-state index contributed by atoms with van der Waals surface area (Å²) in [5, 5.41) is 3.56. The zero-order valence-electron chi connectivity index (χ0n) is 11.9. The summed E-state index contributed by atoms with van der Waals surface area (Å²) in [4.78, 5) is 0. The standard InChI is InChI=1S/C17H25N/c1-13(2)10-11-18-14(3)16-9-8-15-6-4-5-7-17(15)12-16/h8-10,12,14,18H,4-7,11H2,1-3H3. The lowest BCUT2D eigenvalue weighted by atomic mass is 9.89. The molecular weight excluding hydrogens is 218 g/mol. The van der Waals surface area contributed by atoms with Crippen molar-refractivity contribution in [3.8, 4) is 0 Å². The largest absolute Gasteiger partial charge is 0.307 e. The van der Waals surface area contributed by atoms with Gasteiger partial charge in [0.05, 0.1) is 0 Å². The van der Waals surface area contributed by atoms with Gasteiger partial charge in [0.25, 0.3) is 0 Å². The Bertz CT molecular complexity index is 427. The summed E-state index contributed by atoms with van der Waals surface area (Å²) in [6.45, 7) is 7.50. The molecule has 2 rings (SSSR count). The van der Waals surface area contributed by atoms with Crippen LogP contribution in [-0.2, 0) is 12.8 Å². The van der Waals surface area contributed by atoms with Crippen molar-refractivity contribution in [3.63, 3.8) is 0 Å². The van der Waals surface area contributed by atoms with Crippen molar-refractivity contribution in [1.82, 2.24) is 5.32 Å². The fraction of sp³-hybridized carbons (Fsp3) is 0.529. The summed E-state index contributed by atoms with van der Waals surface area (Å²) in [6.07, 6.45) is 7.50. The Balaban J connectivity index is 2.02. The van der Waals surface area contributed by atoms with E-state index in [9.17, 15) is 0 Å². The van der Waals surface area contributed by atoms with Gasteiger partial charge in [-0.3, -0.25) is 0 Å². The van der Waals surface area contributed by atoms with Crippen LogP contribution in [0, 0.1) is 0 Å². The topological polar surface area (TPSA) is 12.0 Å². The van der Waals surface area contributed by atoms with Crippen molar-refractivity contribution in [2.24, 2.45) is 0 Å². The third-order valence-electron chi connectivity index (χ3n) is 3.81. The first-order chi connectivity index (χ1) is 8.66. The molecule has 0 aliphatic heterocycles. The number of allylic oxidation sites excluding steroid dienone is 1. The fourth-order valence-corrected chi connectivity index (χ4v) is 2.58. The van der Waals surface area contributed by atoms with Crippen LogP contribution in [0.2, 0.25) is 0 Å². The van der Waals surface area contributed by atoms with Crippen LogP contribution < -0.4 is 5.32 Å². The summed E-state index contributed by atoms with van der Waals surface area (Å²) in [7, 11) is 0. The predicted octanol–water partition coefficient (Wildman–Crippen LogP) is 4.18. The summed E-state index contributed by atoms with van der Waals surface area (Å²) >= 11 is 0. The van der Waals surface area contributed by atoms with Gasteiger partial charge >= 0.3 is 0 Å². The molecule has 0 fully saturated rings. The van der Waals surface area contributed by atoms with Crippen LogP contribution in [0.3, 0.4) is 0 Å². The number of hydrogen-bond acceptors (Lipinski definition) is 1. The van der Waals surface area contributed by atoms with Crippen LogP contribution in [-0.4, -0.2) is 6.54 Å². The molecule has 0 bridgehead atoms. The Morgan fingerprint density at radius 1 is 1.22 bits per heavy atom. The van der Waals surface area contributed by atoms with E-state index in [2.05, 4.69) is 50.4 Å². The summed E-state index contributed by atoms with van der Waals surface area (Å²) in [5.41, 5.74) is 5.95. The van der Waals surface area contributed by atoms with Gasteiger partial charge in [-0.05, 0) is 63.1 Å². The minimum atomic E-state index is 0.438. The molecule has 1 atom stereocenters. The number of nitrogens with one attached hydrogen (secondary N) is 1. The first-order valence-electron chi connectivity index (χ1n) is 7.15. The second-order valence-corrected chi connectivity index (χ2v) is 5.65. The third-order valence-corrected chi connectivity index (χ3v) is 3.81. The van der Waals surface area contributed by atoms with Crippen LogP contribution in [0.25, 0.3) is 0 Å². The van der Waals surface area contributed by atoms with Crippen LogP contribution in [0.15, 0.2) is 29.8 Å². The SMILES string of the molecule is CC(C)=CCNC(C)c1ccc2c(c1)CCCC2. The van der Waals surface area contributed by atoms with E-state index < -0.39 is 0 Å². The lowest BCUT2D eigenvalue weighted by Crippen LogP contribution is -2.19. The van der Waals surface area contributed by atoms with Gasteiger partial charge in [-0.25, -0.2) is 0 Å². The smallest absolute Gasteiger partial charge is 0.0294 e. The zero-order valence-corrected chi connectivity index (χ0v) is 11.9. The van der Waals surface area contributed by atoms with Crippen molar-refractivity contribution in [2.45, 2.75) is 52.5 Å². The normalized spacial score (nSPS) is 15.9. The Morgan fingerprint density at radius 2 is 1.94 bits per heavy atom. The van der Waals surface area contributed by atoms with Crippen LogP contribution >= 0.6 is 0 Å². The molecule has 1 aliphatic carbocycles. The maximum atomic E-state index is 3.56. The Hall–Kier alpha value is -1.08. The molecule has 98 valence electrons. The van der Waals surface area contributed by atoms with Crippen molar-refractivity contribution in [3.05, 3.63) is 46.5 Å². The highest BCUT2D eigenvalue weighted by Crippen LogP contribution is 2.24. The summed E-state index contributed by atoms with van der Waals surface area (Å²) in [6, 6.07) is 7.48. The molecule has 0 saturated heterocycles. The van der Waals surface area contributed by atoms with Crippen molar-refractivity contribution >= 4 is 0 Å². The quantitative estimate of drug-likeness (QED) is 0.782. The zero-order chi connectivity index (χ0) is 13.0. The molecule has 18 heavy (non-hydrogen) atoms. The number of rotatable bonds is 4. The van der Waals surface area contributed by atoms with E-state index >= 15 is 0 Å². The number of aryl methyl sites for hydroxylation is 2. The molecule has 1 aromatic carbocycles. The summed E-state index contributed by atoms with van der Waals surface area (Å²) in [5.74, 6) is 0. The van der Waals surface area contributed by atoms with Gasteiger partial charge < -0.3 is 5.32 Å². The van der Waals surface area contributed by atoms with Gasteiger partial charge in [0.1, 0.15) is 0 Å². The van der Waals surface area contributed by atoms with Gasteiger partial charge in [0.2, 0.25) is 0 Å². The molecule has 1 nitrogen and oxygen atoms in total. The lowest BCUT2D eigenvalue weighted by molar-refractivity contribution is 0.611. The van der Waals surface area contributed by atoms with Crippen LogP contribution in [0.1, 0.15) is 56.3 Å². The van der Waals surface area contributed by atoms with E-state index in [0.717, 1.165) is 6.54 Å². The minimum absolute atomic E-state index is 0.438. The molecule has 0 aromatic heterocycles. The molecule has 0 saturated carbocycles. The minimum Gasteiger partial charge on any atom is -0.307 e. The lowest BCUT2D eigenvalue weighted by Gasteiger charge is -2.19. The Morgan fingerprint density at radius 3 is 2.67 bits per heavy atom. The molecule has 1 N–H and O–H groups in total. The second-order valence-electron chi connectivity index (χ2n) is 5.65. The van der Waals surface area contributed by atoms with Crippen LogP contribution in [0.5, 0.6) is 0 Å². The molecule has 0 heterocycles. The number of hydrogen-bond donors (Lipinski definition) is 1. The number of fused-ring (bicyclic) bond motifs is 1. The highest BCUT2D eigenvalue weighted by Gasteiger charge is 2.11. The second kappa shape index (κ2) is 6.19. The van der Waals surface area contributed by atoms with E-state index in [4.69, 9.17) is 0 Å². The highest BCUT2D eigenvalue weighted by atomic mass is 14.9. The Kier molecular flexibility index (Phi) is 4.60. The monoisotopic (exact) mass is 243 g/mol. The van der Waals surface area contributed by atoms with E-state index in [1.807, 2.05) is 0 Å². The average Bonchev–Trinajstić information content (AvgIpc) is 2.37. The molecule has 0 spiro atoms. The summed E-state index contributed by atoms with van der Waals surface area (Å²) < 4.78 is 0.